The molecule has 0 saturated carbocycles. The van der Waals surface area contributed by atoms with E-state index in [9.17, 15) is 14.7 Å². The Morgan fingerprint density at radius 1 is 1.23 bits per heavy atom. The molecule has 0 heterocycles. The van der Waals surface area contributed by atoms with E-state index in [4.69, 9.17) is 0 Å². The van der Waals surface area contributed by atoms with Crippen LogP contribution in [0.4, 0.5) is 5.69 Å². The molecule has 1 amide bonds. The largest absolute Gasteiger partial charge is 0.481 e. The van der Waals surface area contributed by atoms with E-state index in [1.807, 2.05) is 19.9 Å². The van der Waals surface area contributed by atoms with Crippen molar-refractivity contribution < 1.29 is 14.7 Å². The normalized spacial score (nSPS) is 12.0. The highest BCUT2D eigenvalue weighted by atomic mass is 127. The highest BCUT2D eigenvalue weighted by Gasteiger charge is 2.22. The third-order valence-electron chi connectivity index (χ3n) is 3.30. The van der Waals surface area contributed by atoms with Crippen LogP contribution in [-0.2, 0) is 16.0 Å². The van der Waals surface area contributed by atoms with Gasteiger partial charge in [0.15, 0.2) is 0 Å². The van der Waals surface area contributed by atoms with E-state index in [0.29, 0.717) is 19.3 Å². The van der Waals surface area contributed by atoms with E-state index in [1.54, 1.807) is 0 Å². The molecule has 0 unspecified atom stereocenters. The molecule has 0 radical (unpaired) electrons. The van der Waals surface area contributed by atoms with E-state index in [2.05, 4.69) is 73.1 Å². The van der Waals surface area contributed by atoms with Crippen molar-refractivity contribution in [2.24, 2.45) is 5.92 Å². The van der Waals surface area contributed by atoms with Crippen LogP contribution >= 0.6 is 67.8 Å². The van der Waals surface area contributed by atoms with Crippen LogP contribution in [0.5, 0.6) is 0 Å². The van der Waals surface area contributed by atoms with Gasteiger partial charge in [0.1, 0.15) is 0 Å². The molecule has 0 aliphatic rings. The van der Waals surface area contributed by atoms with Crippen LogP contribution in [0.1, 0.15) is 38.7 Å². The summed E-state index contributed by atoms with van der Waals surface area (Å²) >= 11 is 6.65. The van der Waals surface area contributed by atoms with E-state index >= 15 is 0 Å². The van der Waals surface area contributed by atoms with Gasteiger partial charge in [0.05, 0.1) is 11.6 Å². The summed E-state index contributed by atoms with van der Waals surface area (Å²) in [5.74, 6) is -1.18. The minimum Gasteiger partial charge on any atom is -0.481 e. The Morgan fingerprint density at radius 3 is 2.36 bits per heavy atom. The summed E-state index contributed by atoms with van der Waals surface area (Å²) in [6.07, 6.45) is 2.36. The van der Waals surface area contributed by atoms with Gasteiger partial charge in [0, 0.05) is 17.1 Å². The van der Waals surface area contributed by atoms with Crippen molar-refractivity contribution in [2.75, 3.05) is 5.32 Å². The van der Waals surface area contributed by atoms with Crippen LogP contribution in [0.2, 0.25) is 0 Å². The number of carbonyl (C=O) groups is 2. The molecule has 1 aromatic rings. The average Bonchev–Trinajstić information content (AvgIpc) is 2.43. The van der Waals surface area contributed by atoms with Gasteiger partial charge in [-0.2, -0.15) is 0 Å². The van der Waals surface area contributed by atoms with Crippen molar-refractivity contribution in [1.29, 1.82) is 0 Å². The molecule has 2 N–H and O–H groups in total. The Kier molecular flexibility index (Phi) is 8.90. The first-order valence-corrected chi connectivity index (χ1v) is 10.2. The lowest BCUT2D eigenvalue weighted by molar-refractivity contribution is -0.141. The van der Waals surface area contributed by atoms with Crippen molar-refractivity contribution in [3.8, 4) is 0 Å². The number of rotatable bonds is 7. The fourth-order valence-corrected chi connectivity index (χ4v) is 6.10. The van der Waals surface area contributed by atoms with Crippen molar-refractivity contribution in [2.45, 2.75) is 39.5 Å². The second-order valence-electron chi connectivity index (χ2n) is 4.95. The molecular weight excluding hydrogens is 623 g/mol. The Labute approximate surface area is 171 Å². The zero-order valence-corrected chi connectivity index (χ0v) is 18.9. The van der Waals surface area contributed by atoms with Crippen LogP contribution in [0.3, 0.4) is 0 Å². The van der Waals surface area contributed by atoms with Gasteiger partial charge in [0.2, 0.25) is 5.91 Å². The quantitative estimate of drug-likeness (QED) is 0.417. The number of carboxylic acids is 1. The van der Waals surface area contributed by atoms with E-state index in [1.165, 1.54) is 0 Å². The van der Waals surface area contributed by atoms with Gasteiger partial charge in [-0.25, -0.2) is 0 Å². The first-order valence-electron chi connectivity index (χ1n) is 7.00. The minimum atomic E-state index is -0.774. The molecule has 7 heteroatoms. The molecule has 0 saturated heterocycles. The number of halogens is 3. The van der Waals surface area contributed by atoms with E-state index in [-0.39, 0.29) is 5.91 Å². The molecule has 1 aromatic carbocycles. The summed E-state index contributed by atoms with van der Waals surface area (Å²) in [6.45, 7) is 3.85. The Hall–Kier alpha value is 0.350. The van der Waals surface area contributed by atoms with E-state index in [0.717, 1.165) is 28.4 Å². The molecule has 0 bridgehead atoms. The summed E-state index contributed by atoms with van der Waals surface area (Å²) in [5.41, 5.74) is 1.80. The molecular formula is C15H18I3NO3. The maximum absolute atomic E-state index is 11.9. The van der Waals surface area contributed by atoms with E-state index < -0.39 is 11.9 Å². The predicted molar refractivity (Wildman–Crippen MR) is 113 cm³/mol. The van der Waals surface area contributed by atoms with Crippen molar-refractivity contribution in [1.82, 2.24) is 0 Å². The van der Waals surface area contributed by atoms with Gasteiger partial charge in [-0.05, 0) is 98.7 Å². The van der Waals surface area contributed by atoms with Crippen LogP contribution in [0, 0.1) is 16.6 Å². The highest BCUT2D eigenvalue weighted by molar-refractivity contribution is 14.1. The maximum atomic E-state index is 11.9. The first kappa shape index (κ1) is 20.4. The standard InChI is InChI=1S/C15H18I3NO3/c1-3-5-12(20)19-14-11(17)7-10(16)9(13(14)18)6-8(4-2)15(21)22/h7-8H,3-6H2,1-2H3,(H,19,20)(H,21,22)/t8-/m0/s1. The topological polar surface area (TPSA) is 66.4 Å². The molecule has 22 heavy (non-hydrogen) atoms. The number of hydrogen-bond donors (Lipinski definition) is 2. The first-order chi connectivity index (χ1) is 10.3. The molecule has 1 rings (SSSR count). The molecule has 0 aromatic heterocycles. The summed E-state index contributed by atoms with van der Waals surface area (Å²) in [4.78, 5) is 23.2. The van der Waals surface area contributed by atoms with Crippen LogP contribution in [0.25, 0.3) is 0 Å². The Balaban J connectivity index is 3.18. The third-order valence-corrected chi connectivity index (χ3v) is 6.30. The SMILES string of the molecule is CCCC(=O)Nc1c(I)cc(I)c(C[C@H](CC)C(=O)O)c1I. The maximum Gasteiger partial charge on any atom is 0.306 e. The second-order valence-corrected chi connectivity index (χ2v) is 8.36. The van der Waals surface area contributed by atoms with Gasteiger partial charge in [-0.1, -0.05) is 13.8 Å². The Morgan fingerprint density at radius 2 is 1.86 bits per heavy atom. The number of aliphatic carboxylic acids is 1. The Bertz CT molecular complexity index is 576. The lowest BCUT2D eigenvalue weighted by Crippen LogP contribution is -2.18. The zero-order valence-electron chi connectivity index (χ0n) is 12.4. The van der Waals surface area contributed by atoms with Crippen molar-refractivity contribution >= 4 is 85.3 Å². The molecule has 0 aliphatic carbocycles. The molecule has 0 aliphatic heterocycles. The fraction of sp³-hybridized carbons (Fsp3) is 0.467. The van der Waals surface area contributed by atoms with Gasteiger partial charge < -0.3 is 10.4 Å². The molecule has 122 valence electrons. The van der Waals surface area contributed by atoms with Crippen LogP contribution < -0.4 is 5.32 Å². The summed E-state index contributed by atoms with van der Waals surface area (Å²) in [6, 6.07) is 1.99. The van der Waals surface area contributed by atoms with Crippen LogP contribution in [-0.4, -0.2) is 17.0 Å². The number of carboxylic acid groups (broad SMARTS) is 1. The summed E-state index contributed by atoms with van der Waals surface area (Å²) < 4.78 is 2.96. The smallest absolute Gasteiger partial charge is 0.306 e. The van der Waals surface area contributed by atoms with Gasteiger partial charge in [-0.3, -0.25) is 9.59 Å². The lowest BCUT2D eigenvalue weighted by Gasteiger charge is -2.18. The average molecular weight is 641 g/mol. The molecule has 4 nitrogen and oxygen atoms in total. The molecule has 1 atom stereocenters. The highest BCUT2D eigenvalue weighted by Crippen LogP contribution is 2.33. The number of nitrogens with one attached hydrogen (secondary N) is 1. The number of hydrogen-bond acceptors (Lipinski definition) is 2. The van der Waals surface area contributed by atoms with Crippen LogP contribution in [0.15, 0.2) is 6.07 Å². The van der Waals surface area contributed by atoms with Gasteiger partial charge >= 0.3 is 5.97 Å². The third kappa shape index (κ3) is 5.46. The fourth-order valence-electron chi connectivity index (χ4n) is 2.01. The summed E-state index contributed by atoms with van der Waals surface area (Å²) in [7, 11) is 0. The predicted octanol–water partition coefficient (Wildman–Crippen LogP) is 4.89. The number of carbonyl (C=O) groups excluding carboxylic acids is 1. The van der Waals surface area contributed by atoms with Crippen molar-refractivity contribution in [3.05, 3.63) is 22.3 Å². The molecule has 0 spiro atoms. The lowest BCUT2D eigenvalue weighted by atomic mass is 9.97. The summed E-state index contributed by atoms with van der Waals surface area (Å²) in [5, 5.41) is 12.2. The second kappa shape index (κ2) is 9.60. The number of amides is 1. The number of anilines is 1. The van der Waals surface area contributed by atoms with Gasteiger partial charge in [-0.15, -0.1) is 0 Å². The van der Waals surface area contributed by atoms with Crippen molar-refractivity contribution in [3.63, 3.8) is 0 Å². The zero-order chi connectivity index (χ0) is 16.9. The number of benzene rings is 1. The minimum absolute atomic E-state index is 0.00392. The monoisotopic (exact) mass is 641 g/mol. The van der Waals surface area contributed by atoms with Gasteiger partial charge in [0.25, 0.3) is 0 Å². The molecule has 0 fully saturated rings.